The number of anilines is 1. The number of hydrogen-bond acceptors (Lipinski definition) is 4. The van der Waals surface area contributed by atoms with Crippen LogP contribution in [0.15, 0.2) is 23.5 Å². The van der Waals surface area contributed by atoms with Gasteiger partial charge in [-0.15, -0.1) is 0 Å². The lowest BCUT2D eigenvalue weighted by Crippen LogP contribution is -2.40. The van der Waals surface area contributed by atoms with Gasteiger partial charge in [0.15, 0.2) is 5.96 Å². The molecule has 6 heteroatoms. The maximum absolute atomic E-state index is 5.96. The zero-order chi connectivity index (χ0) is 15.2. The Morgan fingerprint density at radius 2 is 2.00 bits per heavy atom. The van der Waals surface area contributed by atoms with Crippen LogP contribution in [-0.4, -0.2) is 42.1 Å². The summed E-state index contributed by atoms with van der Waals surface area (Å²) in [6, 6.07) is 1.85. The number of rotatable bonds is 5. The van der Waals surface area contributed by atoms with Crippen LogP contribution in [0.25, 0.3) is 0 Å². The van der Waals surface area contributed by atoms with E-state index in [-0.39, 0.29) is 0 Å². The van der Waals surface area contributed by atoms with Crippen molar-refractivity contribution in [3.05, 3.63) is 18.5 Å². The Kier molecular flexibility index (Phi) is 5.08. The van der Waals surface area contributed by atoms with Gasteiger partial charge >= 0.3 is 0 Å². The van der Waals surface area contributed by atoms with E-state index in [2.05, 4.69) is 25.2 Å². The molecule has 0 bridgehead atoms. The van der Waals surface area contributed by atoms with Gasteiger partial charge in [0.1, 0.15) is 0 Å². The van der Waals surface area contributed by atoms with Gasteiger partial charge in [-0.25, -0.2) is 9.97 Å². The lowest BCUT2D eigenvalue weighted by atomic mass is 9.85. The third-order valence-corrected chi connectivity index (χ3v) is 4.67. The summed E-state index contributed by atoms with van der Waals surface area (Å²) in [4.78, 5) is 15.5. The molecule has 1 aliphatic carbocycles. The number of piperidine rings is 1. The second-order valence-electron chi connectivity index (χ2n) is 6.41. The smallest absolute Gasteiger partial charge is 0.225 e. The van der Waals surface area contributed by atoms with E-state index in [1.807, 2.05) is 6.07 Å². The molecule has 1 unspecified atom stereocenters. The van der Waals surface area contributed by atoms with E-state index >= 15 is 0 Å². The molecular formula is C16H26N6. The zero-order valence-corrected chi connectivity index (χ0v) is 13.1. The Morgan fingerprint density at radius 1 is 1.23 bits per heavy atom. The van der Waals surface area contributed by atoms with Crippen LogP contribution >= 0.6 is 0 Å². The highest BCUT2D eigenvalue weighted by atomic mass is 15.3. The Labute approximate surface area is 132 Å². The van der Waals surface area contributed by atoms with Gasteiger partial charge in [-0.05, 0) is 43.6 Å². The van der Waals surface area contributed by atoms with Crippen molar-refractivity contribution in [2.45, 2.75) is 32.1 Å². The zero-order valence-electron chi connectivity index (χ0n) is 13.1. The number of aliphatic imine (C=N–C) groups is 1. The van der Waals surface area contributed by atoms with Gasteiger partial charge in [-0.3, -0.25) is 4.99 Å². The average molecular weight is 302 g/mol. The highest BCUT2D eigenvalue weighted by Crippen LogP contribution is 2.25. The van der Waals surface area contributed by atoms with Crippen molar-refractivity contribution in [3.8, 4) is 0 Å². The third kappa shape index (κ3) is 4.08. The maximum atomic E-state index is 5.96. The summed E-state index contributed by atoms with van der Waals surface area (Å²) in [5, 5.41) is 3.26. The van der Waals surface area contributed by atoms with E-state index in [4.69, 9.17) is 5.73 Å². The minimum absolute atomic E-state index is 0.529. The molecule has 1 saturated carbocycles. The Bertz CT molecular complexity index is 485. The van der Waals surface area contributed by atoms with Crippen LogP contribution in [0.5, 0.6) is 0 Å². The highest BCUT2D eigenvalue weighted by molar-refractivity contribution is 5.77. The molecule has 2 fully saturated rings. The lowest BCUT2D eigenvalue weighted by Gasteiger charge is -2.32. The number of hydrogen-bond donors (Lipinski definition) is 2. The molecule has 0 radical (unpaired) electrons. The highest BCUT2D eigenvalue weighted by Gasteiger charge is 2.21. The summed E-state index contributed by atoms with van der Waals surface area (Å²) in [6.07, 6.45) is 9.97. The first-order chi connectivity index (χ1) is 10.8. The van der Waals surface area contributed by atoms with Crippen molar-refractivity contribution in [2.24, 2.45) is 22.6 Å². The number of nitrogens with two attached hydrogens (primary N) is 1. The Balaban J connectivity index is 1.45. The molecule has 2 heterocycles. The second-order valence-corrected chi connectivity index (χ2v) is 6.41. The minimum atomic E-state index is 0.529. The fourth-order valence-corrected chi connectivity index (χ4v) is 3.08. The molecule has 3 rings (SSSR count). The summed E-state index contributed by atoms with van der Waals surface area (Å²) < 4.78 is 0. The van der Waals surface area contributed by atoms with E-state index in [1.54, 1.807) is 12.4 Å². The predicted molar refractivity (Wildman–Crippen MR) is 88.8 cm³/mol. The quantitative estimate of drug-likeness (QED) is 0.635. The Hall–Kier alpha value is -1.85. The molecular weight excluding hydrogens is 276 g/mol. The molecule has 0 amide bonds. The predicted octanol–water partition coefficient (Wildman–Crippen LogP) is 1.40. The van der Waals surface area contributed by atoms with E-state index in [9.17, 15) is 0 Å². The first-order valence-corrected chi connectivity index (χ1v) is 8.37. The van der Waals surface area contributed by atoms with Gasteiger partial charge in [-0.2, -0.15) is 0 Å². The molecule has 1 aromatic rings. The summed E-state index contributed by atoms with van der Waals surface area (Å²) in [7, 11) is 0. The van der Waals surface area contributed by atoms with Crippen LogP contribution in [0, 0.1) is 11.8 Å². The normalized spacial score (nSPS) is 23.2. The number of aromatic nitrogens is 2. The molecule has 1 aliphatic heterocycles. The van der Waals surface area contributed by atoms with Gasteiger partial charge in [0.05, 0.1) is 0 Å². The average Bonchev–Trinajstić information content (AvgIpc) is 2.53. The van der Waals surface area contributed by atoms with Gasteiger partial charge in [0.25, 0.3) is 0 Å². The van der Waals surface area contributed by atoms with Crippen LogP contribution in [0.3, 0.4) is 0 Å². The van der Waals surface area contributed by atoms with Gasteiger partial charge in [-0.1, -0.05) is 6.42 Å². The van der Waals surface area contributed by atoms with Gasteiger partial charge in [0, 0.05) is 38.6 Å². The molecule has 6 nitrogen and oxygen atoms in total. The minimum Gasteiger partial charge on any atom is -0.370 e. The lowest BCUT2D eigenvalue weighted by molar-refractivity contribution is 0.315. The van der Waals surface area contributed by atoms with Crippen LogP contribution in [0.4, 0.5) is 5.95 Å². The molecule has 1 atom stereocenters. The first-order valence-electron chi connectivity index (χ1n) is 8.37. The van der Waals surface area contributed by atoms with Crippen LogP contribution in [-0.2, 0) is 0 Å². The molecule has 0 aromatic carbocycles. The molecule has 1 aromatic heterocycles. The topological polar surface area (TPSA) is 79.4 Å². The summed E-state index contributed by atoms with van der Waals surface area (Å²) in [5.74, 6) is 2.75. The van der Waals surface area contributed by atoms with Gasteiger partial charge < -0.3 is 16.0 Å². The molecule has 2 aliphatic rings. The summed E-state index contributed by atoms with van der Waals surface area (Å²) in [6.45, 7) is 3.75. The van der Waals surface area contributed by atoms with Crippen LogP contribution < -0.4 is 16.0 Å². The monoisotopic (exact) mass is 302 g/mol. The molecule has 3 N–H and O–H groups in total. The van der Waals surface area contributed by atoms with E-state index in [0.717, 1.165) is 44.5 Å². The van der Waals surface area contributed by atoms with E-state index < -0.39 is 0 Å². The fourth-order valence-electron chi connectivity index (χ4n) is 3.08. The SMILES string of the molecule is NC(=NCC1CCCN(c2ncccn2)C1)NCC1CCC1. The van der Waals surface area contributed by atoms with Crippen LogP contribution in [0.1, 0.15) is 32.1 Å². The third-order valence-electron chi connectivity index (χ3n) is 4.67. The van der Waals surface area contributed by atoms with Crippen molar-refractivity contribution in [3.63, 3.8) is 0 Å². The van der Waals surface area contributed by atoms with E-state index in [1.165, 1.54) is 25.7 Å². The largest absolute Gasteiger partial charge is 0.370 e. The van der Waals surface area contributed by atoms with Crippen molar-refractivity contribution >= 4 is 11.9 Å². The number of guanidine groups is 1. The number of nitrogens with zero attached hydrogens (tertiary/aromatic N) is 4. The maximum Gasteiger partial charge on any atom is 0.225 e. The summed E-state index contributed by atoms with van der Waals surface area (Å²) >= 11 is 0. The molecule has 22 heavy (non-hydrogen) atoms. The molecule has 1 saturated heterocycles. The summed E-state index contributed by atoms with van der Waals surface area (Å²) in [5.41, 5.74) is 5.96. The molecule has 120 valence electrons. The standard InChI is InChI=1S/C16H26N6/c17-15(20-10-13-4-1-5-13)21-11-14-6-2-9-22(12-14)16-18-7-3-8-19-16/h3,7-8,13-14H,1-2,4-6,9-12H2,(H3,17,20,21). The molecule has 0 spiro atoms. The Morgan fingerprint density at radius 3 is 2.73 bits per heavy atom. The van der Waals surface area contributed by atoms with Gasteiger partial charge in [0.2, 0.25) is 5.95 Å². The van der Waals surface area contributed by atoms with E-state index in [0.29, 0.717) is 11.9 Å². The van der Waals surface area contributed by atoms with Crippen molar-refractivity contribution < 1.29 is 0 Å². The van der Waals surface area contributed by atoms with Crippen molar-refractivity contribution in [1.29, 1.82) is 0 Å². The first kappa shape index (κ1) is 15.1. The second kappa shape index (κ2) is 7.42. The van der Waals surface area contributed by atoms with Crippen molar-refractivity contribution in [1.82, 2.24) is 15.3 Å². The fraction of sp³-hybridized carbons (Fsp3) is 0.688. The van der Waals surface area contributed by atoms with Crippen molar-refractivity contribution in [2.75, 3.05) is 31.1 Å². The number of nitrogens with one attached hydrogen (secondary N) is 1. The van der Waals surface area contributed by atoms with Crippen LogP contribution in [0.2, 0.25) is 0 Å².